The highest BCUT2D eigenvalue weighted by Gasteiger charge is 2.75. The molecule has 2 aromatic carbocycles. The summed E-state index contributed by atoms with van der Waals surface area (Å²) in [5.41, 5.74) is 1.57. The Hall–Kier alpha value is -2.55. The van der Waals surface area contributed by atoms with E-state index in [0.717, 1.165) is 12.0 Å². The van der Waals surface area contributed by atoms with Crippen molar-refractivity contribution in [1.82, 2.24) is 10.2 Å². The lowest BCUT2D eigenvalue weighted by molar-refractivity contribution is -0.140. The van der Waals surface area contributed by atoms with Crippen LogP contribution in [0.4, 0.5) is 5.69 Å². The van der Waals surface area contributed by atoms with Gasteiger partial charge in [0.05, 0.1) is 23.2 Å². The summed E-state index contributed by atoms with van der Waals surface area (Å²) in [6, 6.07) is 15.7. The Morgan fingerprint density at radius 2 is 1.86 bits per heavy atom. The molecule has 184 valence electrons. The topological polar surface area (TPSA) is 98.7 Å². The summed E-state index contributed by atoms with van der Waals surface area (Å²) in [6.45, 7) is 2.24. The van der Waals surface area contributed by atoms with Gasteiger partial charge < -0.3 is 20.6 Å². The molecule has 3 unspecified atom stereocenters. The van der Waals surface area contributed by atoms with Crippen LogP contribution in [0.2, 0.25) is 5.02 Å². The summed E-state index contributed by atoms with van der Waals surface area (Å²) in [5, 5.41) is 16.2. The van der Waals surface area contributed by atoms with Gasteiger partial charge in [0.15, 0.2) is 0 Å². The van der Waals surface area contributed by atoms with E-state index in [2.05, 4.69) is 17.6 Å². The number of amides is 3. The average molecular weight is 514 g/mol. The third-order valence-corrected chi connectivity index (χ3v) is 9.89. The van der Waals surface area contributed by atoms with E-state index in [9.17, 15) is 19.5 Å². The van der Waals surface area contributed by atoms with Crippen LogP contribution in [-0.4, -0.2) is 56.9 Å². The van der Waals surface area contributed by atoms with Gasteiger partial charge in [-0.1, -0.05) is 48.9 Å². The number of carbonyl (C=O) groups is 3. The van der Waals surface area contributed by atoms with Gasteiger partial charge in [0.2, 0.25) is 17.7 Å². The Labute approximate surface area is 213 Å². The molecule has 3 fully saturated rings. The van der Waals surface area contributed by atoms with Gasteiger partial charge in [0.1, 0.15) is 6.04 Å². The number of aliphatic hydroxyl groups excluding tert-OH is 1. The Balaban J connectivity index is 1.43. The smallest absolute Gasteiger partial charge is 0.248 e. The molecule has 0 aromatic heterocycles. The second-order valence-electron chi connectivity index (χ2n) is 9.51. The molecule has 9 heteroatoms. The molecule has 1 spiro atoms. The maximum Gasteiger partial charge on any atom is 0.248 e. The normalized spacial score (nSPS) is 30.9. The summed E-state index contributed by atoms with van der Waals surface area (Å²) >= 11 is 7.59. The van der Waals surface area contributed by atoms with E-state index < -0.39 is 22.6 Å². The van der Waals surface area contributed by atoms with Crippen LogP contribution in [0.25, 0.3) is 0 Å². The number of rotatable bonds is 7. The van der Waals surface area contributed by atoms with Crippen LogP contribution in [0, 0.1) is 17.8 Å². The number of nitrogens with one attached hydrogen (secondary N) is 2. The molecule has 0 saturated carbocycles. The lowest BCUT2D eigenvalue weighted by Gasteiger charge is -2.38. The number of anilines is 1. The fourth-order valence-corrected chi connectivity index (χ4v) is 8.66. The molecule has 5 rings (SSSR count). The van der Waals surface area contributed by atoms with Gasteiger partial charge in [-0.3, -0.25) is 14.4 Å². The fourth-order valence-electron chi connectivity index (χ4n) is 6.11. The number of hydrogen-bond donors (Lipinski definition) is 3. The molecule has 3 aliphatic rings. The summed E-state index contributed by atoms with van der Waals surface area (Å²) in [6.07, 6.45) is 0.759. The van der Waals surface area contributed by atoms with E-state index in [-0.39, 0.29) is 42.0 Å². The molecule has 3 heterocycles. The zero-order chi connectivity index (χ0) is 24.7. The Bertz CT molecular complexity index is 1130. The molecule has 7 nitrogen and oxygen atoms in total. The van der Waals surface area contributed by atoms with Crippen molar-refractivity contribution in [1.29, 1.82) is 0 Å². The third kappa shape index (κ3) is 4.01. The molecule has 35 heavy (non-hydrogen) atoms. The molecule has 0 radical (unpaired) electrons. The van der Waals surface area contributed by atoms with Crippen LogP contribution < -0.4 is 10.6 Å². The number of aliphatic hydroxyl groups is 1. The molecule has 3 saturated heterocycles. The maximum absolute atomic E-state index is 13.7. The Morgan fingerprint density at radius 1 is 1.14 bits per heavy atom. The van der Waals surface area contributed by atoms with Gasteiger partial charge in [-0.05, 0) is 42.2 Å². The van der Waals surface area contributed by atoms with Crippen molar-refractivity contribution in [3.8, 4) is 0 Å². The first-order chi connectivity index (χ1) is 16.9. The molecule has 0 aliphatic carbocycles. The Kier molecular flexibility index (Phi) is 6.55. The van der Waals surface area contributed by atoms with Crippen LogP contribution >= 0.6 is 23.4 Å². The lowest BCUT2D eigenvalue weighted by Crippen LogP contribution is -2.55. The van der Waals surface area contributed by atoms with Gasteiger partial charge in [-0.25, -0.2) is 0 Å². The van der Waals surface area contributed by atoms with Gasteiger partial charge in [-0.15, -0.1) is 11.8 Å². The molecule has 3 aliphatic heterocycles. The molecule has 6 atom stereocenters. The van der Waals surface area contributed by atoms with E-state index >= 15 is 0 Å². The predicted molar refractivity (Wildman–Crippen MR) is 136 cm³/mol. The minimum absolute atomic E-state index is 0.0307. The molecular formula is C26H28ClN3O4S. The lowest BCUT2D eigenvalue weighted by atomic mass is 9.66. The largest absolute Gasteiger partial charge is 0.395 e. The van der Waals surface area contributed by atoms with Crippen LogP contribution in [0.3, 0.4) is 0 Å². The maximum atomic E-state index is 13.7. The van der Waals surface area contributed by atoms with Crippen LogP contribution in [-0.2, 0) is 20.9 Å². The van der Waals surface area contributed by atoms with E-state index in [1.165, 1.54) is 4.90 Å². The number of halogens is 1. The van der Waals surface area contributed by atoms with Gasteiger partial charge in [0.25, 0.3) is 0 Å². The highest BCUT2D eigenvalue weighted by molar-refractivity contribution is 8.02. The summed E-state index contributed by atoms with van der Waals surface area (Å²) in [5.74, 6) is -1.74. The van der Waals surface area contributed by atoms with Gasteiger partial charge in [-0.2, -0.15) is 0 Å². The molecule has 3 N–H and O–H groups in total. The number of nitrogens with zero attached hydrogens (tertiary/aromatic N) is 1. The van der Waals surface area contributed by atoms with Gasteiger partial charge >= 0.3 is 0 Å². The average Bonchev–Trinajstić information content (AvgIpc) is 3.44. The Morgan fingerprint density at radius 3 is 2.54 bits per heavy atom. The van der Waals surface area contributed by atoms with Crippen molar-refractivity contribution in [2.24, 2.45) is 17.8 Å². The molecule has 2 aromatic rings. The van der Waals surface area contributed by atoms with Crippen LogP contribution in [0.1, 0.15) is 18.9 Å². The zero-order valence-corrected chi connectivity index (χ0v) is 20.9. The van der Waals surface area contributed by atoms with Crippen molar-refractivity contribution in [3.63, 3.8) is 0 Å². The first-order valence-corrected chi connectivity index (χ1v) is 13.1. The van der Waals surface area contributed by atoms with Crippen LogP contribution in [0.15, 0.2) is 54.6 Å². The molecule has 3 amide bonds. The summed E-state index contributed by atoms with van der Waals surface area (Å²) < 4.78 is -0.720. The monoisotopic (exact) mass is 513 g/mol. The van der Waals surface area contributed by atoms with E-state index in [0.29, 0.717) is 17.3 Å². The van der Waals surface area contributed by atoms with Gasteiger partial charge in [0, 0.05) is 29.0 Å². The number of hydrogen-bond acceptors (Lipinski definition) is 5. The van der Waals surface area contributed by atoms with Crippen molar-refractivity contribution in [2.45, 2.75) is 35.9 Å². The number of likely N-dealkylation sites (tertiary alicyclic amines) is 1. The third-order valence-electron chi connectivity index (χ3n) is 7.56. The quantitative estimate of drug-likeness (QED) is 0.529. The second-order valence-corrected chi connectivity index (χ2v) is 11.5. The fraction of sp³-hybridized carbons (Fsp3) is 0.423. The van der Waals surface area contributed by atoms with E-state index in [1.54, 1.807) is 36.0 Å². The van der Waals surface area contributed by atoms with E-state index in [1.807, 2.05) is 30.3 Å². The number of benzene rings is 2. The highest BCUT2D eigenvalue weighted by atomic mass is 35.5. The SMILES string of the molecule is CC1C[C@H]2SC13C(C(=O)Nc1ccc(Cl)cc1)N(CCO)C(=O)[C@@H]3[C@H]2C(=O)NCc1ccccc1. The number of thioether (sulfide) groups is 1. The summed E-state index contributed by atoms with van der Waals surface area (Å²) in [4.78, 5) is 42.3. The second kappa shape index (κ2) is 9.48. The van der Waals surface area contributed by atoms with Crippen LogP contribution in [0.5, 0.6) is 0 Å². The predicted octanol–water partition coefficient (Wildman–Crippen LogP) is 2.92. The van der Waals surface area contributed by atoms with Crippen molar-refractivity contribution < 1.29 is 19.5 Å². The molecule has 2 bridgehead atoms. The standard InChI is InChI=1S/C26H28ClN3O4S/c1-15-13-19-20(23(32)28-14-16-5-3-2-4-6-16)21-25(34)30(11-12-31)22(26(15,21)35-19)24(33)29-18-9-7-17(27)8-10-18/h2-10,15,19-22,31H,11-14H2,1H3,(H,28,32)(H,29,33)/t15?,19-,20+,21+,22?,26?/m1/s1. The van der Waals surface area contributed by atoms with E-state index in [4.69, 9.17) is 11.6 Å². The molecular weight excluding hydrogens is 486 g/mol. The minimum atomic E-state index is -0.778. The first kappa shape index (κ1) is 24.2. The van der Waals surface area contributed by atoms with Crippen molar-refractivity contribution >= 4 is 46.8 Å². The summed E-state index contributed by atoms with van der Waals surface area (Å²) in [7, 11) is 0. The van der Waals surface area contributed by atoms with Crippen molar-refractivity contribution in [2.75, 3.05) is 18.5 Å². The zero-order valence-electron chi connectivity index (χ0n) is 19.3. The minimum Gasteiger partial charge on any atom is -0.395 e. The van der Waals surface area contributed by atoms with Crippen molar-refractivity contribution in [3.05, 3.63) is 65.2 Å². The first-order valence-electron chi connectivity index (χ1n) is 11.8. The number of fused-ring (bicyclic) bond motifs is 1. The number of carbonyl (C=O) groups excluding carboxylic acids is 3. The number of β-amino-alcohol motifs (C(OH)–C–C–N with tert-alkyl or cyclic N) is 1. The highest BCUT2D eigenvalue weighted by Crippen LogP contribution is 2.68.